The van der Waals surface area contributed by atoms with Gasteiger partial charge in [0.05, 0.1) is 31.1 Å². The Hall–Kier alpha value is -3.49. The van der Waals surface area contributed by atoms with Gasteiger partial charge in [0.25, 0.3) is 0 Å². The van der Waals surface area contributed by atoms with Crippen molar-refractivity contribution < 1.29 is 9.53 Å². The molecule has 4 aromatic rings. The number of rotatable bonds is 7. The van der Waals surface area contributed by atoms with Crippen molar-refractivity contribution in [1.29, 1.82) is 0 Å². The summed E-state index contributed by atoms with van der Waals surface area (Å²) in [4.78, 5) is 13.3. The predicted octanol–water partition coefficient (Wildman–Crippen LogP) is 5.18. The van der Waals surface area contributed by atoms with E-state index in [4.69, 9.17) is 17.0 Å². The second kappa shape index (κ2) is 10.2. The predicted molar refractivity (Wildman–Crippen MR) is 133 cm³/mol. The lowest BCUT2D eigenvalue weighted by Gasteiger charge is -2.08. The van der Waals surface area contributed by atoms with Crippen molar-refractivity contribution in [2.45, 2.75) is 13.0 Å². The fourth-order valence-corrected chi connectivity index (χ4v) is 4.60. The number of thiophene rings is 1. The lowest BCUT2D eigenvalue weighted by Crippen LogP contribution is -2.19. The normalized spacial score (nSPS) is 10.5. The molecule has 162 valence electrons. The molecular formula is C24H22N4O2S2. The summed E-state index contributed by atoms with van der Waals surface area (Å²) < 4.78 is 6.79. The molecule has 0 aliphatic carbocycles. The zero-order valence-corrected chi connectivity index (χ0v) is 19.1. The molecular weight excluding hydrogens is 440 g/mol. The average molecular weight is 463 g/mol. The number of thiocarbonyl (C=S) groups is 1. The Balaban J connectivity index is 1.43. The lowest BCUT2D eigenvalue weighted by molar-refractivity contribution is 0.0602. The molecule has 0 saturated carbocycles. The Morgan fingerprint density at radius 3 is 2.44 bits per heavy atom. The van der Waals surface area contributed by atoms with Crippen LogP contribution in [0.2, 0.25) is 0 Å². The van der Waals surface area contributed by atoms with Gasteiger partial charge in [0, 0.05) is 17.5 Å². The summed E-state index contributed by atoms with van der Waals surface area (Å²) in [7, 11) is 1.37. The fourth-order valence-electron chi connectivity index (χ4n) is 3.23. The molecule has 4 rings (SSSR count). The van der Waals surface area contributed by atoms with Crippen molar-refractivity contribution in [3.8, 4) is 0 Å². The van der Waals surface area contributed by atoms with Crippen LogP contribution >= 0.6 is 23.6 Å². The summed E-state index contributed by atoms with van der Waals surface area (Å²) in [6.45, 7) is 0.670. The molecule has 0 aliphatic rings. The van der Waals surface area contributed by atoms with Crippen LogP contribution in [0.5, 0.6) is 0 Å². The number of hydrogen-bond donors (Lipinski definition) is 2. The Bertz CT molecular complexity index is 1200. The zero-order chi connectivity index (χ0) is 22.3. The van der Waals surface area contributed by atoms with E-state index in [1.54, 1.807) is 6.20 Å². The third-order valence-electron chi connectivity index (χ3n) is 4.72. The van der Waals surface area contributed by atoms with Gasteiger partial charge in [-0.1, -0.05) is 60.7 Å². The van der Waals surface area contributed by atoms with Gasteiger partial charge < -0.3 is 15.4 Å². The highest BCUT2D eigenvalue weighted by Gasteiger charge is 2.18. The summed E-state index contributed by atoms with van der Waals surface area (Å²) in [5.74, 6) is -0.401. The molecule has 0 atom stereocenters. The summed E-state index contributed by atoms with van der Waals surface area (Å²) in [6, 6.07) is 22.1. The first-order valence-corrected chi connectivity index (χ1v) is 11.2. The van der Waals surface area contributed by atoms with Gasteiger partial charge in [-0.2, -0.15) is 5.10 Å². The Morgan fingerprint density at radius 2 is 1.75 bits per heavy atom. The number of carbonyl (C=O) groups is 1. The lowest BCUT2D eigenvalue weighted by atomic mass is 10.1. The Kier molecular flexibility index (Phi) is 6.94. The maximum Gasteiger partial charge on any atom is 0.340 e. The minimum absolute atomic E-state index is 0.377. The molecule has 32 heavy (non-hydrogen) atoms. The first kappa shape index (κ1) is 21.7. The number of ether oxygens (including phenoxy) is 1. The van der Waals surface area contributed by atoms with Gasteiger partial charge in [-0.15, -0.1) is 11.3 Å². The average Bonchev–Trinajstić information content (AvgIpc) is 3.41. The van der Waals surface area contributed by atoms with Crippen molar-refractivity contribution in [2.24, 2.45) is 0 Å². The standard InChI is InChI=1S/C24H22N4O2S2/c1-30-23(29)21-13-20(12-17-8-4-2-5-9-17)32-22(21)27-24(31)26-19-14-25-28(16-19)15-18-10-6-3-7-11-18/h2-11,13-14,16H,12,15H2,1H3,(H2,26,27,31). The van der Waals surface area contributed by atoms with Crippen molar-refractivity contribution in [1.82, 2.24) is 9.78 Å². The molecule has 2 heterocycles. The number of methoxy groups -OCH3 is 1. The number of carbonyl (C=O) groups excluding carboxylic acids is 1. The van der Waals surface area contributed by atoms with Crippen LogP contribution in [0.1, 0.15) is 26.4 Å². The summed E-state index contributed by atoms with van der Waals surface area (Å²) in [5.41, 5.74) is 3.56. The topological polar surface area (TPSA) is 68.2 Å². The first-order chi connectivity index (χ1) is 15.6. The SMILES string of the molecule is COC(=O)c1cc(Cc2ccccc2)sc1NC(=S)Nc1cnn(Cc2ccccc2)c1. The molecule has 0 amide bonds. The number of benzene rings is 2. The van der Waals surface area contributed by atoms with Crippen LogP contribution in [-0.4, -0.2) is 28.0 Å². The van der Waals surface area contributed by atoms with Crippen LogP contribution in [-0.2, 0) is 17.7 Å². The Morgan fingerprint density at radius 1 is 1.06 bits per heavy atom. The van der Waals surface area contributed by atoms with Crippen LogP contribution in [0.4, 0.5) is 10.7 Å². The van der Waals surface area contributed by atoms with Crippen LogP contribution in [0.15, 0.2) is 79.1 Å². The third-order valence-corrected chi connectivity index (χ3v) is 5.97. The molecule has 2 N–H and O–H groups in total. The van der Waals surface area contributed by atoms with Gasteiger partial charge in [0.2, 0.25) is 0 Å². The van der Waals surface area contributed by atoms with E-state index < -0.39 is 5.97 Å². The van der Waals surface area contributed by atoms with E-state index in [2.05, 4.69) is 40.0 Å². The largest absolute Gasteiger partial charge is 0.465 e. The minimum Gasteiger partial charge on any atom is -0.465 e. The molecule has 0 aliphatic heterocycles. The molecule has 2 aromatic carbocycles. The van der Waals surface area contributed by atoms with Gasteiger partial charge in [-0.25, -0.2) is 4.79 Å². The summed E-state index contributed by atoms with van der Waals surface area (Å²) in [6.07, 6.45) is 4.33. The number of esters is 1. The van der Waals surface area contributed by atoms with Gasteiger partial charge >= 0.3 is 5.97 Å². The van der Waals surface area contributed by atoms with Crippen LogP contribution < -0.4 is 10.6 Å². The molecule has 0 unspecified atom stereocenters. The number of anilines is 2. The van der Waals surface area contributed by atoms with E-state index >= 15 is 0 Å². The minimum atomic E-state index is -0.401. The molecule has 0 fully saturated rings. The highest BCUT2D eigenvalue weighted by Crippen LogP contribution is 2.30. The van der Waals surface area contributed by atoms with Gasteiger partial charge in [0.15, 0.2) is 5.11 Å². The number of nitrogens with zero attached hydrogens (tertiary/aromatic N) is 2. The molecule has 0 bridgehead atoms. The third kappa shape index (κ3) is 5.60. The van der Waals surface area contributed by atoms with Crippen LogP contribution in [0.3, 0.4) is 0 Å². The molecule has 0 spiro atoms. The summed E-state index contributed by atoms with van der Waals surface area (Å²) in [5, 5.41) is 11.7. The van der Waals surface area contributed by atoms with Crippen LogP contribution in [0, 0.1) is 0 Å². The fraction of sp³-hybridized carbons (Fsp3) is 0.125. The maximum absolute atomic E-state index is 12.3. The van der Waals surface area contributed by atoms with Gasteiger partial charge in [-0.3, -0.25) is 4.68 Å². The Labute approximate surface area is 195 Å². The zero-order valence-electron chi connectivity index (χ0n) is 17.4. The molecule has 6 nitrogen and oxygen atoms in total. The number of nitrogens with one attached hydrogen (secondary N) is 2. The van der Waals surface area contributed by atoms with E-state index in [1.165, 1.54) is 24.0 Å². The second-order valence-electron chi connectivity index (χ2n) is 7.10. The van der Waals surface area contributed by atoms with E-state index in [-0.39, 0.29) is 0 Å². The molecule has 0 saturated heterocycles. The van der Waals surface area contributed by atoms with E-state index in [0.717, 1.165) is 22.5 Å². The van der Waals surface area contributed by atoms with Crippen molar-refractivity contribution in [3.05, 3.63) is 101 Å². The monoisotopic (exact) mass is 462 g/mol. The smallest absolute Gasteiger partial charge is 0.340 e. The van der Waals surface area contributed by atoms with E-state index in [1.807, 2.05) is 53.3 Å². The number of aromatic nitrogens is 2. The number of hydrogen-bond acceptors (Lipinski definition) is 5. The van der Waals surface area contributed by atoms with Crippen molar-refractivity contribution in [3.63, 3.8) is 0 Å². The maximum atomic E-state index is 12.3. The van der Waals surface area contributed by atoms with Crippen molar-refractivity contribution >= 4 is 45.3 Å². The van der Waals surface area contributed by atoms with E-state index in [0.29, 0.717) is 22.2 Å². The quantitative estimate of drug-likeness (QED) is 0.291. The first-order valence-electron chi connectivity index (χ1n) is 10.00. The molecule has 8 heteroatoms. The van der Waals surface area contributed by atoms with Crippen LogP contribution in [0.25, 0.3) is 0 Å². The van der Waals surface area contributed by atoms with Gasteiger partial charge in [-0.05, 0) is 29.4 Å². The van der Waals surface area contributed by atoms with E-state index in [9.17, 15) is 4.79 Å². The molecule has 0 radical (unpaired) electrons. The highest BCUT2D eigenvalue weighted by atomic mass is 32.1. The highest BCUT2D eigenvalue weighted by molar-refractivity contribution is 7.80. The molecule has 2 aromatic heterocycles. The second-order valence-corrected chi connectivity index (χ2v) is 8.65. The van der Waals surface area contributed by atoms with Gasteiger partial charge in [0.1, 0.15) is 5.00 Å². The van der Waals surface area contributed by atoms with Crippen molar-refractivity contribution in [2.75, 3.05) is 17.7 Å². The summed E-state index contributed by atoms with van der Waals surface area (Å²) >= 11 is 6.96.